The number of hydrogen-bond acceptors (Lipinski definition) is 4. The number of hydrogen-bond donors (Lipinski definition) is 1. The molecule has 0 amide bonds. The Morgan fingerprint density at radius 3 is 2.65 bits per heavy atom. The minimum atomic E-state index is -0.286. The molecule has 0 bridgehead atoms. The van der Waals surface area contributed by atoms with Crippen LogP contribution in [-0.4, -0.2) is 35.6 Å². The van der Waals surface area contributed by atoms with Crippen molar-refractivity contribution >= 4 is 17.6 Å². The van der Waals surface area contributed by atoms with Crippen LogP contribution in [0.15, 0.2) is 18.3 Å². The molecule has 17 heavy (non-hydrogen) atoms. The predicted octanol–water partition coefficient (Wildman–Crippen LogP) is 1.88. The summed E-state index contributed by atoms with van der Waals surface area (Å²) in [5.41, 5.74) is 5.85. The molecule has 1 aliphatic rings. The molecule has 1 fully saturated rings. The Bertz CT molecular complexity index is 355. The van der Waals surface area contributed by atoms with Gasteiger partial charge in [-0.15, -0.1) is 0 Å². The summed E-state index contributed by atoms with van der Waals surface area (Å²) in [6.07, 6.45) is 5.51. The number of rotatable bonds is 3. The maximum absolute atomic E-state index is 12.8. The van der Waals surface area contributed by atoms with E-state index in [0.29, 0.717) is 0 Å². The summed E-state index contributed by atoms with van der Waals surface area (Å²) in [7, 11) is 0. The Balaban J connectivity index is 2.01. The lowest BCUT2D eigenvalue weighted by molar-refractivity contribution is 0.455. The molecule has 2 N–H and O–H groups in total. The SMILES string of the molecule is CSC1(CN)CCN(c2ccc(F)cn2)CC1. The van der Waals surface area contributed by atoms with Crippen molar-refractivity contribution in [2.45, 2.75) is 17.6 Å². The van der Waals surface area contributed by atoms with Crippen molar-refractivity contribution in [1.82, 2.24) is 4.98 Å². The molecule has 94 valence electrons. The number of nitrogens with two attached hydrogens (primary N) is 1. The third kappa shape index (κ3) is 2.72. The molecule has 2 rings (SSSR count). The molecule has 2 heterocycles. The molecule has 0 unspecified atom stereocenters. The fourth-order valence-electron chi connectivity index (χ4n) is 2.19. The molecule has 1 aromatic rings. The third-order valence-electron chi connectivity index (χ3n) is 3.52. The van der Waals surface area contributed by atoms with E-state index in [4.69, 9.17) is 5.73 Å². The average Bonchev–Trinajstić information content (AvgIpc) is 2.40. The number of piperidine rings is 1. The number of thioether (sulfide) groups is 1. The van der Waals surface area contributed by atoms with Gasteiger partial charge in [0, 0.05) is 24.4 Å². The van der Waals surface area contributed by atoms with Gasteiger partial charge in [0.15, 0.2) is 0 Å². The lowest BCUT2D eigenvalue weighted by Crippen LogP contribution is -2.46. The standard InChI is InChI=1S/C12H18FN3S/c1-17-12(9-14)4-6-16(7-5-12)11-3-2-10(13)8-15-11/h2-3,8H,4-7,9,14H2,1H3. The normalized spacial score (nSPS) is 19.4. The van der Waals surface area contributed by atoms with Crippen LogP contribution in [0.2, 0.25) is 0 Å². The van der Waals surface area contributed by atoms with E-state index in [2.05, 4.69) is 16.1 Å². The van der Waals surface area contributed by atoms with E-state index in [1.165, 1.54) is 12.3 Å². The van der Waals surface area contributed by atoms with Crippen LogP contribution < -0.4 is 10.6 Å². The van der Waals surface area contributed by atoms with Crippen LogP contribution in [0.3, 0.4) is 0 Å². The van der Waals surface area contributed by atoms with Gasteiger partial charge in [-0.05, 0) is 31.2 Å². The first-order valence-corrected chi connectivity index (χ1v) is 7.03. The Labute approximate surface area is 106 Å². The zero-order chi connectivity index (χ0) is 12.3. The molecule has 1 saturated heterocycles. The summed E-state index contributed by atoms with van der Waals surface area (Å²) in [4.78, 5) is 6.31. The molecule has 1 aromatic heterocycles. The molecule has 0 saturated carbocycles. The van der Waals surface area contributed by atoms with Gasteiger partial charge < -0.3 is 10.6 Å². The highest BCUT2D eigenvalue weighted by Gasteiger charge is 2.32. The molecule has 0 atom stereocenters. The lowest BCUT2D eigenvalue weighted by atomic mass is 9.96. The zero-order valence-electron chi connectivity index (χ0n) is 10.0. The minimum Gasteiger partial charge on any atom is -0.357 e. The highest BCUT2D eigenvalue weighted by Crippen LogP contribution is 2.34. The molecule has 1 aliphatic heterocycles. The molecule has 0 spiro atoms. The summed E-state index contributed by atoms with van der Waals surface area (Å²) < 4.78 is 13.0. The van der Waals surface area contributed by atoms with Crippen LogP contribution in [-0.2, 0) is 0 Å². The van der Waals surface area contributed by atoms with Gasteiger partial charge in [-0.3, -0.25) is 0 Å². The van der Waals surface area contributed by atoms with Crippen molar-refractivity contribution in [2.24, 2.45) is 5.73 Å². The summed E-state index contributed by atoms with van der Waals surface area (Å²) in [5.74, 6) is 0.573. The second-order valence-electron chi connectivity index (χ2n) is 4.41. The van der Waals surface area contributed by atoms with Gasteiger partial charge >= 0.3 is 0 Å². The highest BCUT2D eigenvalue weighted by atomic mass is 32.2. The second-order valence-corrected chi connectivity index (χ2v) is 5.69. The van der Waals surface area contributed by atoms with Gasteiger partial charge in [-0.25, -0.2) is 9.37 Å². The number of pyridine rings is 1. The van der Waals surface area contributed by atoms with Crippen molar-refractivity contribution in [3.8, 4) is 0 Å². The van der Waals surface area contributed by atoms with Gasteiger partial charge in [-0.2, -0.15) is 11.8 Å². The number of nitrogens with zero attached hydrogens (tertiary/aromatic N) is 2. The van der Waals surface area contributed by atoms with E-state index in [1.807, 2.05) is 11.8 Å². The van der Waals surface area contributed by atoms with Gasteiger partial charge in [-0.1, -0.05) is 0 Å². The first-order valence-electron chi connectivity index (χ1n) is 5.81. The van der Waals surface area contributed by atoms with Gasteiger partial charge in [0.05, 0.1) is 6.20 Å². The topological polar surface area (TPSA) is 42.1 Å². The Hall–Kier alpha value is -0.810. The fourth-order valence-corrected chi connectivity index (χ4v) is 2.95. The predicted molar refractivity (Wildman–Crippen MR) is 70.9 cm³/mol. The summed E-state index contributed by atoms with van der Waals surface area (Å²) in [5, 5.41) is 0. The van der Waals surface area contributed by atoms with E-state index >= 15 is 0 Å². The van der Waals surface area contributed by atoms with Gasteiger partial charge in [0.1, 0.15) is 11.6 Å². The maximum Gasteiger partial charge on any atom is 0.141 e. The van der Waals surface area contributed by atoms with E-state index in [9.17, 15) is 4.39 Å². The molecule has 3 nitrogen and oxygen atoms in total. The van der Waals surface area contributed by atoms with Crippen LogP contribution in [0.1, 0.15) is 12.8 Å². The van der Waals surface area contributed by atoms with Crippen LogP contribution in [0.25, 0.3) is 0 Å². The van der Waals surface area contributed by atoms with Crippen LogP contribution in [0, 0.1) is 5.82 Å². The molecular formula is C12H18FN3S. The van der Waals surface area contributed by atoms with E-state index < -0.39 is 0 Å². The molecule has 0 radical (unpaired) electrons. The van der Waals surface area contributed by atoms with Crippen molar-refractivity contribution in [1.29, 1.82) is 0 Å². The quantitative estimate of drug-likeness (QED) is 0.895. The highest BCUT2D eigenvalue weighted by molar-refractivity contribution is 8.00. The molecule has 5 heteroatoms. The smallest absolute Gasteiger partial charge is 0.141 e. The first kappa shape index (κ1) is 12.6. The number of halogens is 1. The van der Waals surface area contributed by atoms with Gasteiger partial charge in [0.25, 0.3) is 0 Å². The maximum atomic E-state index is 12.8. The third-order valence-corrected chi connectivity index (χ3v) is 4.96. The molecule has 0 aromatic carbocycles. The lowest BCUT2D eigenvalue weighted by Gasteiger charge is -2.40. The van der Waals surface area contributed by atoms with Crippen molar-refractivity contribution < 1.29 is 4.39 Å². The van der Waals surface area contributed by atoms with E-state index in [-0.39, 0.29) is 10.6 Å². The van der Waals surface area contributed by atoms with Crippen LogP contribution in [0.4, 0.5) is 10.2 Å². The molecular weight excluding hydrogens is 237 g/mol. The van der Waals surface area contributed by atoms with Crippen LogP contribution >= 0.6 is 11.8 Å². The monoisotopic (exact) mass is 255 g/mol. The first-order chi connectivity index (χ1) is 8.19. The molecule has 0 aliphatic carbocycles. The Morgan fingerprint density at radius 1 is 1.47 bits per heavy atom. The van der Waals surface area contributed by atoms with E-state index in [0.717, 1.165) is 38.3 Å². The Kier molecular flexibility index (Phi) is 3.89. The number of aromatic nitrogens is 1. The number of anilines is 1. The Morgan fingerprint density at radius 2 is 2.18 bits per heavy atom. The van der Waals surface area contributed by atoms with Gasteiger partial charge in [0.2, 0.25) is 0 Å². The van der Waals surface area contributed by atoms with Crippen molar-refractivity contribution in [3.63, 3.8) is 0 Å². The zero-order valence-corrected chi connectivity index (χ0v) is 10.8. The average molecular weight is 255 g/mol. The minimum absolute atomic E-state index is 0.219. The van der Waals surface area contributed by atoms with Crippen LogP contribution in [0.5, 0.6) is 0 Å². The van der Waals surface area contributed by atoms with Crippen molar-refractivity contribution in [3.05, 3.63) is 24.1 Å². The largest absolute Gasteiger partial charge is 0.357 e. The van der Waals surface area contributed by atoms with Crippen molar-refractivity contribution in [2.75, 3.05) is 30.8 Å². The summed E-state index contributed by atoms with van der Waals surface area (Å²) >= 11 is 1.86. The van der Waals surface area contributed by atoms with E-state index in [1.54, 1.807) is 6.07 Å². The second kappa shape index (κ2) is 5.23. The fraction of sp³-hybridized carbons (Fsp3) is 0.583. The summed E-state index contributed by atoms with van der Waals surface area (Å²) in [6, 6.07) is 3.20. The summed E-state index contributed by atoms with van der Waals surface area (Å²) in [6.45, 7) is 2.60.